The first kappa shape index (κ1) is 11.1. The first-order valence-corrected chi connectivity index (χ1v) is 6.16. The lowest BCUT2D eigenvalue weighted by Gasteiger charge is -2.14. The third kappa shape index (κ3) is 2.04. The first-order valence-electron chi connectivity index (χ1n) is 6.16. The third-order valence-electron chi connectivity index (χ3n) is 3.35. The van der Waals surface area contributed by atoms with E-state index in [4.69, 9.17) is 0 Å². The molecule has 0 radical (unpaired) electrons. The summed E-state index contributed by atoms with van der Waals surface area (Å²) in [5, 5.41) is 6.52. The van der Waals surface area contributed by atoms with Gasteiger partial charge in [0, 0.05) is 19.0 Å². The minimum atomic E-state index is -0.200. The molecule has 0 aliphatic carbocycles. The molecule has 0 saturated carbocycles. The van der Waals surface area contributed by atoms with Crippen LogP contribution in [0.4, 0.5) is 15.8 Å². The molecule has 1 aliphatic rings. The molecule has 0 aromatic heterocycles. The molecule has 1 aliphatic heterocycles. The van der Waals surface area contributed by atoms with Gasteiger partial charge in [-0.2, -0.15) is 0 Å². The summed E-state index contributed by atoms with van der Waals surface area (Å²) in [6, 6.07) is 15.4. The predicted molar refractivity (Wildman–Crippen MR) is 72.6 cm³/mol. The van der Waals surface area contributed by atoms with E-state index in [0.717, 1.165) is 18.8 Å². The highest BCUT2D eigenvalue weighted by Gasteiger charge is 2.18. The predicted octanol–water partition coefficient (Wildman–Crippen LogP) is 3.45. The molecule has 1 heterocycles. The molecule has 0 fully saturated rings. The summed E-state index contributed by atoms with van der Waals surface area (Å²) in [5.74, 6) is 0.145. The maximum atomic E-state index is 13.7. The van der Waals surface area contributed by atoms with Crippen LogP contribution in [0.1, 0.15) is 11.5 Å². The number of benzene rings is 2. The number of nitrogens with one attached hydrogen (secondary N) is 2. The van der Waals surface area contributed by atoms with Crippen LogP contribution in [0.2, 0.25) is 0 Å². The summed E-state index contributed by atoms with van der Waals surface area (Å²) in [6.45, 7) is 1.55. The van der Waals surface area contributed by atoms with Crippen molar-refractivity contribution in [2.24, 2.45) is 0 Å². The summed E-state index contributed by atoms with van der Waals surface area (Å²) >= 11 is 0. The van der Waals surface area contributed by atoms with Crippen molar-refractivity contribution < 1.29 is 4.39 Å². The van der Waals surface area contributed by atoms with Gasteiger partial charge in [-0.15, -0.1) is 0 Å². The second-order valence-corrected chi connectivity index (χ2v) is 4.53. The van der Waals surface area contributed by atoms with Gasteiger partial charge in [-0.3, -0.25) is 0 Å². The minimum absolute atomic E-state index is 0.200. The molecule has 2 nitrogen and oxygen atoms in total. The normalized spacial score (nSPS) is 18.2. The topological polar surface area (TPSA) is 24.1 Å². The van der Waals surface area contributed by atoms with Gasteiger partial charge in [0.05, 0.1) is 11.4 Å². The average Bonchev–Trinajstić information content (AvgIpc) is 2.63. The fourth-order valence-corrected chi connectivity index (χ4v) is 2.34. The molecule has 2 aromatic carbocycles. The van der Waals surface area contributed by atoms with Crippen LogP contribution in [0.15, 0.2) is 48.5 Å². The van der Waals surface area contributed by atoms with Gasteiger partial charge in [-0.1, -0.05) is 36.4 Å². The van der Waals surface area contributed by atoms with Gasteiger partial charge in [0.1, 0.15) is 5.82 Å². The molecule has 92 valence electrons. The van der Waals surface area contributed by atoms with Crippen LogP contribution >= 0.6 is 0 Å². The Labute approximate surface area is 106 Å². The van der Waals surface area contributed by atoms with Crippen molar-refractivity contribution in [2.45, 2.75) is 5.92 Å². The molecule has 1 atom stereocenters. The van der Waals surface area contributed by atoms with E-state index in [1.165, 1.54) is 11.6 Å². The van der Waals surface area contributed by atoms with E-state index in [9.17, 15) is 4.39 Å². The lowest BCUT2D eigenvalue weighted by molar-refractivity contribution is 0.630. The van der Waals surface area contributed by atoms with Gasteiger partial charge in [0.25, 0.3) is 0 Å². The average molecular weight is 242 g/mol. The summed E-state index contributed by atoms with van der Waals surface area (Å²) in [5.41, 5.74) is 2.69. The highest BCUT2D eigenvalue weighted by molar-refractivity contribution is 5.70. The van der Waals surface area contributed by atoms with Gasteiger partial charge < -0.3 is 10.6 Å². The molecule has 2 N–H and O–H groups in total. The van der Waals surface area contributed by atoms with Crippen LogP contribution < -0.4 is 10.6 Å². The second-order valence-electron chi connectivity index (χ2n) is 4.53. The van der Waals surface area contributed by atoms with E-state index in [1.54, 1.807) is 6.07 Å². The van der Waals surface area contributed by atoms with Crippen molar-refractivity contribution in [3.05, 3.63) is 59.9 Å². The van der Waals surface area contributed by atoms with Crippen LogP contribution in [0.3, 0.4) is 0 Å². The number of rotatable bonds is 1. The Morgan fingerprint density at radius 1 is 0.889 bits per heavy atom. The molecular formula is C15H15FN2. The maximum absolute atomic E-state index is 13.7. The molecule has 2 aromatic rings. The van der Waals surface area contributed by atoms with E-state index in [1.807, 2.05) is 24.3 Å². The minimum Gasteiger partial charge on any atom is -0.383 e. The fraction of sp³-hybridized carbons (Fsp3) is 0.200. The zero-order valence-electron chi connectivity index (χ0n) is 9.99. The zero-order valence-corrected chi connectivity index (χ0v) is 9.99. The molecule has 0 amide bonds. The van der Waals surface area contributed by atoms with Crippen LogP contribution in [0, 0.1) is 5.82 Å². The van der Waals surface area contributed by atoms with Crippen molar-refractivity contribution in [2.75, 3.05) is 23.7 Å². The van der Waals surface area contributed by atoms with Gasteiger partial charge in [-0.05, 0) is 17.7 Å². The molecule has 0 saturated heterocycles. The number of halogens is 1. The quantitative estimate of drug-likeness (QED) is 0.800. The monoisotopic (exact) mass is 242 g/mol. The first-order chi connectivity index (χ1) is 8.84. The number of fused-ring (bicyclic) bond motifs is 1. The van der Waals surface area contributed by atoms with Crippen LogP contribution in [0.25, 0.3) is 0 Å². The maximum Gasteiger partial charge on any atom is 0.148 e. The highest BCUT2D eigenvalue weighted by Crippen LogP contribution is 2.30. The van der Waals surface area contributed by atoms with Crippen LogP contribution in [-0.4, -0.2) is 13.1 Å². The van der Waals surface area contributed by atoms with Crippen molar-refractivity contribution in [3.8, 4) is 0 Å². The Morgan fingerprint density at radius 3 is 2.50 bits per heavy atom. The Morgan fingerprint density at radius 2 is 1.67 bits per heavy atom. The molecule has 1 unspecified atom stereocenters. The Bertz CT molecular complexity index is 539. The van der Waals surface area contributed by atoms with E-state index in [-0.39, 0.29) is 5.82 Å². The molecular weight excluding hydrogens is 227 g/mol. The van der Waals surface area contributed by atoms with Gasteiger partial charge in [0.2, 0.25) is 0 Å². The summed E-state index contributed by atoms with van der Waals surface area (Å²) in [4.78, 5) is 0. The van der Waals surface area contributed by atoms with Crippen molar-refractivity contribution >= 4 is 11.4 Å². The summed E-state index contributed by atoms with van der Waals surface area (Å²) in [7, 11) is 0. The lowest BCUT2D eigenvalue weighted by atomic mass is 9.99. The summed E-state index contributed by atoms with van der Waals surface area (Å²) in [6.07, 6.45) is 0. The van der Waals surface area contributed by atoms with Crippen molar-refractivity contribution in [1.82, 2.24) is 0 Å². The number of hydrogen-bond donors (Lipinski definition) is 2. The van der Waals surface area contributed by atoms with Crippen LogP contribution in [0.5, 0.6) is 0 Å². The van der Waals surface area contributed by atoms with Gasteiger partial charge in [0.15, 0.2) is 0 Å². The lowest BCUT2D eigenvalue weighted by Crippen LogP contribution is -2.16. The van der Waals surface area contributed by atoms with Gasteiger partial charge >= 0.3 is 0 Å². The fourth-order valence-electron chi connectivity index (χ4n) is 2.34. The highest BCUT2D eigenvalue weighted by atomic mass is 19.1. The van der Waals surface area contributed by atoms with E-state index >= 15 is 0 Å². The second kappa shape index (κ2) is 4.69. The Balaban J connectivity index is 1.85. The Kier molecular flexibility index (Phi) is 2.89. The standard InChI is InChI=1S/C15H15FN2/c16-13-7-4-8-14-15(13)18-10-12(9-17-14)11-5-2-1-3-6-11/h1-8,12,17-18H,9-10H2. The zero-order chi connectivity index (χ0) is 12.4. The summed E-state index contributed by atoms with van der Waals surface area (Å²) < 4.78 is 13.7. The molecule has 3 rings (SSSR count). The smallest absolute Gasteiger partial charge is 0.148 e. The van der Waals surface area contributed by atoms with Crippen molar-refractivity contribution in [3.63, 3.8) is 0 Å². The van der Waals surface area contributed by atoms with E-state index in [2.05, 4.69) is 22.8 Å². The number of anilines is 2. The third-order valence-corrected chi connectivity index (χ3v) is 3.35. The van der Waals surface area contributed by atoms with Crippen LogP contribution in [-0.2, 0) is 0 Å². The van der Waals surface area contributed by atoms with Gasteiger partial charge in [-0.25, -0.2) is 4.39 Å². The Hall–Kier alpha value is -2.03. The molecule has 3 heteroatoms. The number of para-hydroxylation sites is 1. The molecule has 18 heavy (non-hydrogen) atoms. The molecule has 0 spiro atoms. The SMILES string of the molecule is Fc1cccc2c1NCC(c1ccccc1)CN2. The van der Waals surface area contributed by atoms with E-state index in [0.29, 0.717) is 11.6 Å². The number of hydrogen-bond acceptors (Lipinski definition) is 2. The van der Waals surface area contributed by atoms with E-state index < -0.39 is 0 Å². The van der Waals surface area contributed by atoms with Crippen molar-refractivity contribution in [1.29, 1.82) is 0 Å². The molecule has 0 bridgehead atoms. The largest absolute Gasteiger partial charge is 0.383 e.